The Morgan fingerprint density at radius 1 is 1.38 bits per heavy atom. The monoisotopic (exact) mass is 288 g/mol. The summed E-state index contributed by atoms with van der Waals surface area (Å²) in [6.45, 7) is 1.75. The Labute approximate surface area is 120 Å². The average molecular weight is 288 g/mol. The molecule has 0 radical (unpaired) electrons. The van der Waals surface area contributed by atoms with Crippen molar-refractivity contribution in [3.63, 3.8) is 0 Å². The lowest BCUT2D eigenvalue weighted by Crippen LogP contribution is -2.17. The van der Waals surface area contributed by atoms with Gasteiger partial charge in [-0.1, -0.05) is 11.2 Å². The number of hydrogen-bond donors (Lipinski definition) is 3. The number of halogens is 1. The molecule has 2 aromatic rings. The van der Waals surface area contributed by atoms with Crippen molar-refractivity contribution in [1.29, 1.82) is 0 Å². The van der Waals surface area contributed by atoms with Gasteiger partial charge in [0.1, 0.15) is 11.5 Å². The van der Waals surface area contributed by atoms with Crippen LogP contribution in [0.15, 0.2) is 41.7 Å². The molecular formula is C14H13FN4O2. The number of rotatable bonds is 3. The molecule has 0 unspecified atom stereocenters. The van der Waals surface area contributed by atoms with Crippen molar-refractivity contribution in [1.82, 2.24) is 4.98 Å². The highest BCUT2D eigenvalue weighted by Gasteiger charge is 2.10. The van der Waals surface area contributed by atoms with Gasteiger partial charge in [0.05, 0.1) is 0 Å². The maximum absolute atomic E-state index is 13.2. The summed E-state index contributed by atoms with van der Waals surface area (Å²) in [6, 6.07) is 7.04. The molecule has 4 N–H and O–H groups in total. The van der Waals surface area contributed by atoms with Crippen LogP contribution in [0.5, 0.6) is 0 Å². The van der Waals surface area contributed by atoms with Gasteiger partial charge < -0.3 is 16.3 Å². The molecule has 108 valence electrons. The van der Waals surface area contributed by atoms with Gasteiger partial charge >= 0.3 is 0 Å². The Hall–Kier alpha value is -2.96. The second-order valence-electron chi connectivity index (χ2n) is 4.33. The van der Waals surface area contributed by atoms with Crippen LogP contribution in [0.3, 0.4) is 0 Å². The fourth-order valence-electron chi connectivity index (χ4n) is 1.65. The molecule has 0 saturated carbocycles. The minimum Gasteiger partial charge on any atom is -0.409 e. The molecule has 1 aromatic heterocycles. The quantitative estimate of drug-likeness (QED) is 0.347. The number of pyridine rings is 1. The predicted molar refractivity (Wildman–Crippen MR) is 75.8 cm³/mol. The van der Waals surface area contributed by atoms with Crippen LogP contribution in [0.25, 0.3) is 0 Å². The van der Waals surface area contributed by atoms with Crippen molar-refractivity contribution in [2.75, 3.05) is 5.32 Å². The van der Waals surface area contributed by atoms with Crippen molar-refractivity contribution in [2.45, 2.75) is 6.92 Å². The van der Waals surface area contributed by atoms with E-state index in [0.717, 1.165) is 5.56 Å². The second kappa shape index (κ2) is 6.00. The topological polar surface area (TPSA) is 101 Å². The van der Waals surface area contributed by atoms with Gasteiger partial charge in [0.25, 0.3) is 5.91 Å². The number of nitrogens with zero attached hydrogens (tertiary/aromatic N) is 2. The molecule has 0 atom stereocenters. The Bertz CT molecular complexity index is 699. The number of hydrogen-bond acceptors (Lipinski definition) is 4. The normalized spacial score (nSPS) is 11.2. The predicted octanol–water partition coefficient (Wildman–Crippen LogP) is 1.88. The van der Waals surface area contributed by atoms with Gasteiger partial charge in [-0.2, -0.15) is 0 Å². The number of nitrogens with one attached hydrogen (secondary N) is 1. The van der Waals surface area contributed by atoms with Crippen molar-refractivity contribution in [3.05, 3.63) is 59.2 Å². The highest BCUT2D eigenvalue weighted by Crippen LogP contribution is 2.16. The molecule has 0 spiro atoms. The second-order valence-corrected chi connectivity index (χ2v) is 4.33. The number of benzene rings is 1. The summed E-state index contributed by atoms with van der Waals surface area (Å²) < 4.78 is 13.2. The molecule has 0 aliphatic heterocycles. The molecule has 0 fully saturated rings. The van der Waals surface area contributed by atoms with E-state index in [2.05, 4.69) is 15.5 Å². The Morgan fingerprint density at radius 2 is 2.14 bits per heavy atom. The van der Waals surface area contributed by atoms with Gasteiger partial charge in [-0.15, -0.1) is 0 Å². The number of aromatic nitrogens is 1. The largest absolute Gasteiger partial charge is 0.409 e. The van der Waals surface area contributed by atoms with E-state index >= 15 is 0 Å². The number of oxime groups is 1. The lowest BCUT2D eigenvalue weighted by Gasteiger charge is -2.08. The molecule has 2 rings (SSSR count). The summed E-state index contributed by atoms with van der Waals surface area (Å²) in [7, 11) is 0. The first kappa shape index (κ1) is 14.4. The highest BCUT2D eigenvalue weighted by molar-refractivity contribution is 6.04. The number of amidine groups is 1. The minimum absolute atomic E-state index is 0.101. The molecule has 0 saturated heterocycles. The maximum Gasteiger partial charge on any atom is 0.274 e. The summed E-state index contributed by atoms with van der Waals surface area (Å²) in [6.07, 6.45) is 1.31. The molecule has 0 bridgehead atoms. The first-order valence-corrected chi connectivity index (χ1v) is 6.02. The van der Waals surface area contributed by atoms with Crippen LogP contribution in [-0.4, -0.2) is 21.9 Å². The van der Waals surface area contributed by atoms with Crippen LogP contribution in [-0.2, 0) is 0 Å². The number of carbonyl (C=O) groups excluding carboxylic acids is 1. The van der Waals surface area contributed by atoms with E-state index in [1.807, 2.05) is 0 Å². The van der Waals surface area contributed by atoms with Crippen molar-refractivity contribution in [3.8, 4) is 0 Å². The number of amides is 1. The van der Waals surface area contributed by atoms with E-state index in [1.54, 1.807) is 13.0 Å². The van der Waals surface area contributed by atoms with Gasteiger partial charge in [0, 0.05) is 17.4 Å². The van der Waals surface area contributed by atoms with Crippen LogP contribution >= 0.6 is 0 Å². The smallest absolute Gasteiger partial charge is 0.274 e. The molecule has 1 amide bonds. The van der Waals surface area contributed by atoms with Crippen molar-refractivity contribution >= 4 is 17.4 Å². The lowest BCUT2D eigenvalue weighted by molar-refractivity contribution is 0.102. The number of anilines is 1. The standard InChI is InChI=1S/C14H13FN4O2/c1-8-2-4-10(15)6-12(8)18-14(20)11-5-3-9(7-17-11)13(16)19-21/h2-7,21H,1H3,(H2,16,19)(H,18,20). The number of carbonyl (C=O) groups is 1. The molecule has 6 nitrogen and oxygen atoms in total. The third-order valence-corrected chi connectivity index (χ3v) is 2.85. The zero-order chi connectivity index (χ0) is 15.4. The summed E-state index contributed by atoms with van der Waals surface area (Å²) in [4.78, 5) is 15.9. The average Bonchev–Trinajstić information content (AvgIpc) is 2.50. The molecule has 7 heteroatoms. The van der Waals surface area contributed by atoms with E-state index < -0.39 is 11.7 Å². The van der Waals surface area contributed by atoms with Crippen LogP contribution in [0.1, 0.15) is 21.6 Å². The third-order valence-electron chi connectivity index (χ3n) is 2.85. The SMILES string of the molecule is Cc1ccc(F)cc1NC(=O)c1ccc(C(N)=NO)cn1. The number of aryl methyl sites for hydroxylation is 1. The summed E-state index contributed by atoms with van der Waals surface area (Å²) in [5.74, 6) is -1.02. The zero-order valence-corrected chi connectivity index (χ0v) is 11.2. The maximum atomic E-state index is 13.2. The summed E-state index contributed by atoms with van der Waals surface area (Å²) in [5, 5.41) is 14.0. The molecule has 1 aromatic carbocycles. The first-order valence-electron chi connectivity index (χ1n) is 6.02. The van der Waals surface area contributed by atoms with Crippen LogP contribution in [0.4, 0.5) is 10.1 Å². The van der Waals surface area contributed by atoms with E-state index in [1.165, 1.54) is 30.5 Å². The zero-order valence-electron chi connectivity index (χ0n) is 11.2. The van der Waals surface area contributed by atoms with Gasteiger partial charge in [-0.25, -0.2) is 4.39 Å². The first-order chi connectivity index (χ1) is 10.0. The Kier molecular flexibility index (Phi) is 4.13. The fourth-order valence-corrected chi connectivity index (χ4v) is 1.65. The summed E-state index contributed by atoms with van der Waals surface area (Å²) in [5.41, 5.74) is 7.03. The number of nitrogens with two attached hydrogens (primary N) is 1. The Morgan fingerprint density at radius 3 is 2.76 bits per heavy atom. The third kappa shape index (κ3) is 3.33. The van der Waals surface area contributed by atoms with E-state index in [4.69, 9.17) is 10.9 Å². The van der Waals surface area contributed by atoms with Crippen molar-refractivity contribution < 1.29 is 14.4 Å². The minimum atomic E-state index is -0.477. The summed E-state index contributed by atoms with van der Waals surface area (Å²) >= 11 is 0. The Balaban J connectivity index is 2.19. The van der Waals surface area contributed by atoms with Crippen LogP contribution in [0, 0.1) is 12.7 Å². The van der Waals surface area contributed by atoms with Crippen molar-refractivity contribution in [2.24, 2.45) is 10.9 Å². The van der Waals surface area contributed by atoms with Gasteiger partial charge in [-0.3, -0.25) is 9.78 Å². The van der Waals surface area contributed by atoms with Gasteiger partial charge in [-0.05, 0) is 36.8 Å². The highest BCUT2D eigenvalue weighted by atomic mass is 19.1. The molecule has 0 aliphatic rings. The van der Waals surface area contributed by atoms with E-state index in [0.29, 0.717) is 11.3 Å². The molecule has 21 heavy (non-hydrogen) atoms. The molecule has 0 aliphatic carbocycles. The fraction of sp³-hybridized carbons (Fsp3) is 0.0714. The van der Waals surface area contributed by atoms with Crippen LogP contribution in [0.2, 0.25) is 0 Å². The molecular weight excluding hydrogens is 275 g/mol. The van der Waals surface area contributed by atoms with E-state index in [-0.39, 0.29) is 11.5 Å². The van der Waals surface area contributed by atoms with Crippen LogP contribution < -0.4 is 11.1 Å². The van der Waals surface area contributed by atoms with E-state index in [9.17, 15) is 9.18 Å². The molecule has 1 heterocycles. The lowest BCUT2D eigenvalue weighted by atomic mass is 10.2. The van der Waals surface area contributed by atoms with Gasteiger partial charge in [0.2, 0.25) is 0 Å². The van der Waals surface area contributed by atoms with Gasteiger partial charge in [0.15, 0.2) is 5.84 Å².